The predicted octanol–water partition coefficient (Wildman–Crippen LogP) is 7.32. The van der Waals surface area contributed by atoms with Gasteiger partial charge in [0.15, 0.2) is 0 Å². The monoisotopic (exact) mass is 472 g/mol. The number of nitrogens with zero attached hydrogens (tertiary/aromatic N) is 3. The molecule has 2 unspecified atom stereocenters. The lowest BCUT2D eigenvalue weighted by Crippen LogP contribution is -2.31. The van der Waals surface area contributed by atoms with Crippen LogP contribution in [0.25, 0.3) is 0 Å². The second-order valence-corrected chi connectivity index (χ2v) is 11.8. The smallest absolute Gasteiger partial charge is 0.273 e. The maximum Gasteiger partial charge on any atom is 0.273 e. The minimum atomic E-state index is 0.0592. The van der Waals surface area contributed by atoms with Gasteiger partial charge in [0.05, 0.1) is 6.54 Å². The van der Waals surface area contributed by atoms with Gasteiger partial charge < -0.3 is 10.2 Å². The van der Waals surface area contributed by atoms with Crippen molar-refractivity contribution in [1.29, 1.82) is 0 Å². The van der Waals surface area contributed by atoms with Crippen LogP contribution in [0.2, 0.25) is 0 Å². The van der Waals surface area contributed by atoms with Crippen molar-refractivity contribution in [2.24, 2.45) is 11.8 Å². The van der Waals surface area contributed by atoms with Crippen LogP contribution >= 0.6 is 0 Å². The highest BCUT2D eigenvalue weighted by atomic mass is 16.2. The fourth-order valence-corrected chi connectivity index (χ4v) is 6.78. The fourth-order valence-electron chi connectivity index (χ4n) is 6.78. The van der Waals surface area contributed by atoms with Crippen LogP contribution in [0, 0.1) is 11.8 Å². The molecule has 35 heavy (non-hydrogen) atoms. The molecule has 2 heterocycles. The third-order valence-electron chi connectivity index (χ3n) is 9.06. The van der Waals surface area contributed by atoms with Gasteiger partial charge >= 0.3 is 0 Å². The first kappa shape index (κ1) is 23.0. The highest BCUT2D eigenvalue weighted by Crippen LogP contribution is 2.47. The lowest BCUT2D eigenvalue weighted by atomic mass is 9.78. The van der Waals surface area contributed by atoms with E-state index in [4.69, 9.17) is 9.97 Å². The Morgan fingerprint density at radius 3 is 2.31 bits per heavy atom. The second-order valence-electron chi connectivity index (χ2n) is 11.8. The number of carbonyl (C=O) groups excluding carboxylic acids is 1. The Labute approximate surface area is 210 Å². The number of anilines is 2. The molecule has 186 valence electrons. The third-order valence-corrected chi connectivity index (χ3v) is 9.06. The van der Waals surface area contributed by atoms with Gasteiger partial charge in [-0.25, -0.2) is 9.97 Å². The largest absolute Gasteiger partial charge is 0.340 e. The molecule has 3 fully saturated rings. The van der Waals surface area contributed by atoms with Crippen LogP contribution in [0.5, 0.6) is 0 Å². The summed E-state index contributed by atoms with van der Waals surface area (Å²) in [7, 11) is 0. The summed E-state index contributed by atoms with van der Waals surface area (Å²) < 4.78 is 0. The van der Waals surface area contributed by atoms with Crippen LogP contribution in [0.1, 0.15) is 124 Å². The van der Waals surface area contributed by atoms with E-state index in [1.165, 1.54) is 69.8 Å². The molecular weight excluding hydrogens is 432 g/mol. The Balaban J connectivity index is 1.29. The van der Waals surface area contributed by atoms with Gasteiger partial charge in [0.1, 0.15) is 17.3 Å². The zero-order chi connectivity index (χ0) is 23.9. The van der Waals surface area contributed by atoms with Crippen molar-refractivity contribution in [3.8, 4) is 0 Å². The molecule has 0 saturated heterocycles. The SMILES string of the molecule is CC(C)N1Cc2c(Nc3ccc(C4CCCCC4)cc3)nc(C3CCCC(C4CC4)C3)nc2C1=O. The van der Waals surface area contributed by atoms with E-state index < -0.39 is 0 Å². The molecular formula is C30H40N4O. The van der Waals surface area contributed by atoms with Gasteiger partial charge in [-0.3, -0.25) is 4.79 Å². The van der Waals surface area contributed by atoms with Crippen molar-refractivity contribution < 1.29 is 4.79 Å². The molecule has 0 spiro atoms. The van der Waals surface area contributed by atoms with E-state index in [1.807, 2.05) is 4.90 Å². The highest BCUT2D eigenvalue weighted by molar-refractivity contribution is 5.98. The van der Waals surface area contributed by atoms with E-state index in [0.29, 0.717) is 24.1 Å². The van der Waals surface area contributed by atoms with E-state index in [0.717, 1.165) is 41.1 Å². The number of benzene rings is 1. The van der Waals surface area contributed by atoms with Crippen molar-refractivity contribution in [1.82, 2.24) is 14.9 Å². The first-order valence-electron chi connectivity index (χ1n) is 14.2. The van der Waals surface area contributed by atoms with Crippen molar-refractivity contribution in [2.75, 3.05) is 5.32 Å². The number of aromatic nitrogens is 2. The van der Waals surface area contributed by atoms with E-state index in [9.17, 15) is 4.79 Å². The van der Waals surface area contributed by atoms with Gasteiger partial charge in [-0.15, -0.1) is 0 Å². The Morgan fingerprint density at radius 2 is 1.60 bits per heavy atom. The number of rotatable bonds is 6. The zero-order valence-electron chi connectivity index (χ0n) is 21.4. The van der Waals surface area contributed by atoms with Crippen LogP contribution in [-0.4, -0.2) is 26.8 Å². The van der Waals surface area contributed by atoms with Gasteiger partial charge in [-0.2, -0.15) is 0 Å². The molecule has 0 bridgehead atoms. The second kappa shape index (κ2) is 9.55. The Morgan fingerprint density at radius 1 is 0.857 bits per heavy atom. The number of hydrogen-bond donors (Lipinski definition) is 1. The van der Waals surface area contributed by atoms with Gasteiger partial charge in [-0.1, -0.05) is 44.2 Å². The van der Waals surface area contributed by atoms with Crippen LogP contribution in [0.15, 0.2) is 24.3 Å². The molecule has 5 heteroatoms. The molecule has 6 rings (SSSR count). The predicted molar refractivity (Wildman–Crippen MR) is 140 cm³/mol. The molecule has 1 N–H and O–H groups in total. The number of hydrogen-bond acceptors (Lipinski definition) is 4. The maximum absolute atomic E-state index is 13.3. The summed E-state index contributed by atoms with van der Waals surface area (Å²) in [4.78, 5) is 25.3. The normalized spacial score (nSPS) is 25.2. The average molecular weight is 473 g/mol. The molecule has 0 radical (unpaired) electrons. The highest BCUT2D eigenvalue weighted by Gasteiger charge is 2.38. The van der Waals surface area contributed by atoms with Crippen LogP contribution in [0.4, 0.5) is 11.5 Å². The summed E-state index contributed by atoms with van der Waals surface area (Å²) in [5, 5.41) is 3.61. The Hall–Kier alpha value is -2.43. The zero-order valence-corrected chi connectivity index (χ0v) is 21.4. The van der Waals surface area contributed by atoms with Gasteiger partial charge in [0.25, 0.3) is 5.91 Å². The molecule has 1 aromatic heterocycles. The topological polar surface area (TPSA) is 58.1 Å². The minimum absolute atomic E-state index is 0.0592. The number of nitrogens with one attached hydrogen (secondary N) is 1. The van der Waals surface area contributed by atoms with Crippen molar-refractivity contribution in [2.45, 2.75) is 109 Å². The molecule has 1 aliphatic heterocycles. The molecule has 2 aromatic rings. The van der Waals surface area contributed by atoms with Crippen LogP contribution in [0.3, 0.4) is 0 Å². The fraction of sp³-hybridized carbons (Fsp3) is 0.633. The summed E-state index contributed by atoms with van der Waals surface area (Å²) in [5.41, 5.74) is 4.08. The van der Waals surface area contributed by atoms with Crippen LogP contribution in [-0.2, 0) is 6.54 Å². The number of fused-ring (bicyclic) bond motifs is 1. The standard InChI is InChI=1S/C30H40N4O/c1-19(2)34-18-26-27(30(34)35)32-28(24-10-6-9-23(17-24)22-11-12-22)33-29(26)31-25-15-13-21(14-16-25)20-7-4-3-5-8-20/h13-16,19-20,22-24H,3-12,17-18H2,1-2H3,(H,31,32,33). The van der Waals surface area contributed by atoms with E-state index in [1.54, 1.807) is 0 Å². The summed E-state index contributed by atoms with van der Waals surface area (Å²) in [6, 6.07) is 9.11. The number of amides is 1. The lowest BCUT2D eigenvalue weighted by Gasteiger charge is -2.28. The van der Waals surface area contributed by atoms with Gasteiger partial charge in [0, 0.05) is 23.2 Å². The molecule has 3 aliphatic carbocycles. The minimum Gasteiger partial charge on any atom is -0.340 e. The first-order chi connectivity index (χ1) is 17.1. The third kappa shape index (κ3) is 4.71. The Kier molecular flexibility index (Phi) is 6.28. The maximum atomic E-state index is 13.3. The van der Waals surface area contributed by atoms with Crippen molar-refractivity contribution in [3.63, 3.8) is 0 Å². The molecule has 1 aromatic carbocycles. The van der Waals surface area contributed by atoms with E-state index in [-0.39, 0.29) is 11.9 Å². The van der Waals surface area contributed by atoms with Gasteiger partial charge in [-0.05, 0) is 87.8 Å². The van der Waals surface area contributed by atoms with Crippen molar-refractivity contribution >= 4 is 17.4 Å². The summed E-state index contributed by atoms with van der Waals surface area (Å²) >= 11 is 0. The van der Waals surface area contributed by atoms with Crippen molar-refractivity contribution in [3.05, 3.63) is 46.9 Å². The quantitative estimate of drug-likeness (QED) is 0.479. The molecule has 2 atom stereocenters. The summed E-state index contributed by atoms with van der Waals surface area (Å²) in [5.74, 6) is 4.59. The Bertz CT molecular complexity index is 1070. The van der Waals surface area contributed by atoms with E-state index in [2.05, 4.69) is 43.4 Å². The first-order valence-corrected chi connectivity index (χ1v) is 14.2. The molecule has 1 amide bonds. The molecule has 3 saturated carbocycles. The summed E-state index contributed by atoms with van der Waals surface area (Å²) in [6.45, 7) is 4.75. The average Bonchev–Trinajstić information content (AvgIpc) is 3.68. The molecule has 5 nitrogen and oxygen atoms in total. The summed E-state index contributed by atoms with van der Waals surface area (Å²) in [6.07, 6.45) is 14.4. The van der Waals surface area contributed by atoms with Crippen LogP contribution < -0.4 is 5.32 Å². The lowest BCUT2D eigenvalue weighted by molar-refractivity contribution is 0.0726. The van der Waals surface area contributed by atoms with Gasteiger partial charge in [0.2, 0.25) is 0 Å². The number of carbonyl (C=O) groups is 1. The van der Waals surface area contributed by atoms with E-state index >= 15 is 0 Å². The molecule has 4 aliphatic rings.